The highest BCUT2D eigenvalue weighted by Gasteiger charge is 2.24. The van der Waals surface area contributed by atoms with E-state index in [1.165, 1.54) is 6.33 Å². The lowest BCUT2D eigenvalue weighted by Gasteiger charge is -2.18. The molecule has 0 aliphatic carbocycles. The standard InChI is InChI=1S/C46H52N18O5S2/c1-31(2)61-28-51-38-41(56-45(58-43(38)61)48-19-10-20-70(66,67)64-30-53-40(60-64)36-13-8-5-9-14-36)50-23-35-17-15-33(16-18-35)21-32(3)62-29-52-39-42(49-22-34-11-6-4-7-12-34)57-46(59-44(39)62)55-37(24-65)25-71(68,69)63-27-47-26-54-63/h4-9,11-18,26-32,37,65H,10,19-25H2,1-3H3,(H2,48,50,56,58)(H2,49,55,57,59). The van der Waals surface area contributed by atoms with Crippen molar-refractivity contribution in [1.82, 2.24) is 67.4 Å². The van der Waals surface area contributed by atoms with E-state index >= 15 is 0 Å². The Morgan fingerprint density at radius 1 is 0.634 bits per heavy atom. The summed E-state index contributed by atoms with van der Waals surface area (Å²) >= 11 is 0. The zero-order valence-corrected chi connectivity index (χ0v) is 40.6. The Bertz CT molecular complexity index is 3440. The van der Waals surface area contributed by atoms with Crippen molar-refractivity contribution in [3.05, 3.63) is 133 Å². The lowest BCUT2D eigenvalue weighted by atomic mass is 10.0. The van der Waals surface area contributed by atoms with Gasteiger partial charge in [-0.15, -0.1) is 18.4 Å². The van der Waals surface area contributed by atoms with Gasteiger partial charge < -0.3 is 35.5 Å². The van der Waals surface area contributed by atoms with Crippen LogP contribution in [0.15, 0.2) is 117 Å². The third-order valence-electron chi connectivity index (χ3n) is 11.5. The van der Waals surface area contributed by atoms with Crippen molar-refractivity contribution in [1.29, 1.82) is 0 Å². The van der Waals surface area contributed by atoms with Gasteiger partial charge in [-0.3, -0.25) is 0 Å². The van der Waals surface area contributed by atoms with Gasteiger partial charge >= 0.3 is 0 Å². The molecule has 2 atom stereocenters. The normalized spacial score (nSPS) is 12.9. The number of nitrogens with zero attached hydrogens (tertiary/aromatic N) is 14. The van der Waals surface area contributed by atoms with Crippen LogP contribution >= 0.6 is 0 Å². The van der Waals surface area contributed by atoms with E-state index in [1.807, 2.05) is 95.8 Å². The number of benzene rings is 3. The molecule has 9 aromatic rings. The predicted molar refractivity (Wildman–Crippen MR) is 268 cm³/mol. The Kier molecular flexibility index (Phi) is 14.2. The minimum Gasteiger partial charge on any atom is -0.394 e. The molecular formula is C46H52N18O5S2. The molecule has 0 saturated carbocycles. The molecule has 25 heteroatoms. The van der Waals surface area contributed by atoms with Crippen LogP contribution in [0.3, 0.4) is 0 Å². The fourth-order valence-corrected chi connectivity index (χ4v) is 10.1. The van der Waals surface area contributed by atoms with Gasteiger partial charge in [-0.2, -0.15) is 19.9 Å². The average molecular weight is 1000 g/mol. The van der Waals surface area contributed by atoms with Crippen LogP contribution in [0.1, 0.15) is 56.0 Å². The third-order valence-corrected chi connectivity index (χ3v) is 14.6. The van der Waals surface area contributed by atoms with E-state index in [0.717, 1.165) is 43.1 Å². The summed E-state index contributed by atoms with van der Waals surface area (Å²) in [4.78, 5) is 36.2. The van der Waals surface area contributed by atoms with Crippen LogP contribution in [0.2, 0.25) is 0 Å². The smallest absolute Gasteiger partial charge is 0.257 e. The molecule has 2 unspecified atom stereocenters. The van der Waals surface area contributed by atoms with Gasteiger partial charge in [0.25, 0.3) is 20.0 Å². The number of anilines is 4. The number of aliphatic hydroxyl groups excluding tert-OH is 1. The third kappa shape index (κ3) is 11.3. The molecule has 0 aliphatic heterocycles. The van der Waals surface area contributed by atoms with Crippen molar-refractivity contribution >= 4 is 65.9 Å². The second kappa shape index (κ2) is 21.0. The Morgan fingerprint density at radius 3 is 1.92 bits per heavy atom. The number of aliphatic hydroxyl groups is 1. The van der Waals surface area contributed by atoms with E-state index in [4.69, 9.17) is 19.9 Å². The van der Waals surface area contributed by atoms with Crippen molar-refractivity contribution in [2.45, 2.75) is 64.8 Å². The molecule has 0 fully saturated rings. The van der Waals surface area contributed by atoms with E-state index in [-0.39, 0.29) is 36.8 Å². The molecule has 23 nitrogen and oxygen atoms in total. The Balaban J connectivity index is 0.866. The molecule has 71 heavy (non-hydrogen) atoms. The lowest BCUT2D eigenvalue weighted by molar-refractivity contribution is 0.281. The summed E-state index contributed by atoms with van der Waals surface area (Å²) in [6.07, 6.45) is 7.77. The number of hydrogen-bond acceptors (Lipinski definition) is 19. The van der Waals surface area contributed by atoms with Crippen molar-refractivity contribution < 1.29 is 21.9 Å². The number of imidazole rings is 2. The predicted octanol–water partition coefficient (Wildman–Crippen LogP) is 4.76. The number of nitrogens with one attached hydrogen (secondary N) is 4. The maximum absolute atomic E-state index is 13.1. The molecule has 0 bridgehead atoms. The maximum atomic E-state index is 13.1. The van der Waals surface area contributed by atoms with Crippen LogP contribution in [-0.2, 0) is 39.6 Å². The van der Waals surface area contributed by atoms with E-state index in [0.29, 0.717) is 65.2 Å². The van der Waals surface area contributed by atoms with Gasteiger partial charge in [-0.25, -0.2) is 36.8 Å². The lowest BCUT2D eigenvalue weighted by Crippen LogP contribution is -2.35. The molecule has 0 saturated heterocycles. The topological polar surface area (TPSA) is 285 Å². The summed E-state index contributed by atoms with van der Waals surface area (Å²) in [5.41, 5.74) is 6.08. The van der Waals surface area contributed by atoms with Crippen molar-refractivity contribution in [3.8, 4) is 11.4 Å². The van der Waals surface area contributed by atoms with Crippen LogP contribution in [0, 0.1) is 0 Å². The van der Waals surface area contributed by atoms with Gasteiger partial charge in [-0.1, -0.05) is 84.9 Å². The van der Waals surface area contributed by atoms with Crippen LogP contribution in [0.25, 0.3) is 33.7 Å². The maximum Gasteiger partial charge on any atom is 0.257 e. The summed E-state index contributed by atoms with van der Waals surface area (Å²) in [5, 5.41) is 31.2. The van der Waals surface area contributed by atoms with Crippen molar-refractivity contribution in [2.24, 2.45) is 0 Å². The molecule has 0 amide bonds. The van der Waals surface area contributed by atoms with E-state index in [1.54, 1.807) is 12.7 Å². The minimum absolute atomic E-state index is 0.0744. The number of hydrogen-bond donors (Lipinski definition) is 5. The first-order valence-corrected chi connectivity index (χ1v) is 26.0. The molecule has 3 aromatic carbocycles. The summed E-state index contributed by atoms with van der Waals surface area (Å²) in [6, 6.07) is 26.2. The Labute approximate surface area is 409 Å². The largest absolute Gasteiger partial charge is 0.394 e. The summed E-state index contributed by atoms with van der Waals surface area (Å²) in [6.45, 7) is 6.78. The molecule has 9 rings (SSSR count). The first kappa shape index (κ1) is 48.1. The fraction of sp³-hybridized carbons (Fsp3) is 0.304. The molecule has 6 heterocycles. The average Bonchev–Trinajstić information content (AvgIpc) is 4.23. The van der Waals surface area contributed by atoms with Crippen LogP contribution in [-0.4, -0.2) is 120 Å². The van der Waals surface area contributed by atoms with Crippen LogP contribution in [0.5, 0.6) is 0 Å². The number of aromatic nitrogens is 14. The SMILES string of the molecule is CC(C)n1cnc2c(NCc3ccc(CC(C)n4cnc5c(NCc6ccccc6)nc(NC(CO)CS(=O)(=O)n6cncn6)nc54)cc3)nc(NCCCS(=O)(=O)n3cnc(-c4ccccc4)n3)nc21. The molecule has 5 N–H and O–H groups in total. The van der Waals surface area contributed by atoms with Gasteiger partial charge in [0.1, 0.15) is 19.0 Å². The van der Waals surface area contributed by atoms with Gasteiger partial charge in [0, 0.05) is 37.3 Å². The van der Waals surface area contributed by atoms with Gasteiger partial charge in [0.15, 0.2) is 39.8 Å². The zero-order valence-electron chi connectivity index (χ0n) is 39.0. The Morgan fingerprint density at radius 2 is 1.25 bits per heavy atom. The minimum atomic E-state index is -3.95. The molecule has 0 spiro atoms. The molecule has 0 aliphatic rings. The summed E-state index contributed by atoms with van der Waals surface area (Å²) in [7, 11) is -7.71. The monoisotopic (exact) mass is 1000 g/mol. The Hall–Kier alpha value is -7.90. The second-order valence-electron chi connectivity index (χ2n) is 17.1. The highest BCUT2D eigenvalue weighted by Crippen LogP contribution is 2.28. The molecule has 6 aromatic heterocycles. The first-order valence-electron chi connectivity index (χ1n) is 22.8. The highest BCUT2D eigenvalue weighted by molar-refractivity contribution is 7.90. The number of fused-ring (bicyclic) bond motifs is 2. The fourth-order valence-electron chi connectivity index (χ4n) is 7.77. The molecule has 368 valence electrons. The molecule has 0 radical (unpaired) electrons. The van der Waals surface area contributed by atoms with Gasteiger partial charge in [0.2, 0.25) is 11.9 Å². The second-order valence-corrected chi connectivity index (χ2v) is 20.9. The van der Waals surface area contributed by atoms with Crippen molar-refractivity contribution in [3.63, 3.8) is 0 Å². The quantitative estimate of drug-likeness (QED) is 0.0540. The van der Waals surface area contributed by atoms with Crippen LogP contribution < -0.4 is 21.3 Å². The summed E-state index contributed by atoms with van der Waals surface area (Å²) < 4.78 is 57.8. The van der Waals surface area contributed by atoms with E-state index in [9.17, 15) is 21.9 Å². The van der Waals surface area contributed by atoms with Gasteiger partial charge in [0.05, 0.1) is 36.8 Å². The van der Waals surface area contributed by atoms with E-state index in [2.05, 4.69) is 70.5 Å². The van der Waals surface area contributed by atoms with Crippen molar-refractivity contribution in [2.75, 3.05) is 45.9 Å². The zero-order chi connectivity index (χ0) is 49.5. The van der Waals surface area contributed by atoms with E-state index < -0.39 is 38.4 Å². The highest BCUT2D eigenvalue weighted by atomic mass is 32.2. The summed E-state index contributed by atoms with van der Waals surface area (Å²) in [5.74, 6) is 1.08. The number of rotatable bonds is 23. The first-order chi connectivity index (χ1) is 34.3. The van der Waals surface area contributed by atoms with Gasteiger partial charge in [-0.05, 0) is 50.3 Å². The van der Waals surface area contributed by atoms with Crippen LogP contribution in [0.4, 0.5) is 23.5 Å². The molecular weight excluding hydrogens is 949 g/mol.